The standard InChI is InChI=1S/C16H22ClN3O2S2/c17-13-5-7-15(8-6-13)24(21,22)20-11-9-19(10-12-20)16(23)18-14-3-1-2-4-14/h5-8,14H,1-4,9-12H2,(H,18,23). The summed E-state index contributed by atoms with van der Waals surface area (Å²) in [5.74, 6) is 0. The Morgan fingerprint density at radius 3 is 2.25 bits per heavy atom. The van der Waals surface area contributed by atoms with Crippen LogP contribution in [0, 0.1) is 0 Å². The minimum Gasteiger partial charge on any atom is -0.360 e. The molecule has 0 bridgehead atoms. The first-order chi connectivity index (χ1) is 11.5. The van der Waals surface area contributed by atoms with Crippen molar-refractivity contribution in [2.45, 2.75) is 36.6 Å². The van der Waals surface area contributed by atoms with Crippen LogP contribution in [0.4, 0.5) is 0 Å². The SMILES string of the molecule is O=S(=O)(c1ccc(Cl)cc1)N1CCN(C(=S)NC2CCCC2)CC1. The molecule has 2 aliphatic rings. The van der Waals surface area contributed by atoms with Gasteiger partial charge in [0.15, 0.2) is 5.11 Å². The van der Waals surface area contributed by atoms with Crippen molar-refractivity contribution in [2.24, 2.45) is 0 Å². The number of hydrogen-bond donors (Lipinski definition) is 1. The molecule has 3 rings (SSSR count). The molecule has 1 N–H and O–H groups in total. The van der Waals surface area contributed by atoms with Crippen LogP contribution in [0.25, 0.3) is 0 Å². The molecule has 132 valence electrons. The van der Waals surface area contributed by atoms with E-state index in [1.165, 1.54) is 30.0 Å². The van der Waals surface area contributed by atoms with Gasteiger partial charge in [0.05, 0.1) is 4.90 Å². The average molecular weight is 388 g/mol. The zero-order valence-electron chi connectivity index (χ0n) is 13.4. The Morgan fingerprint density at radius 2 is 1.67 bits per heavy atom. The van der Waals surface area contributed by atoms with Crippen LogP contribution in [-0.4, -0.2) is 55.0 Å². The lowest BCUT2D eigenvalue weighted by Crippen LogP contribution is -2.54. The van der Waals surface area contributed by atoms with E-state index in [1.807, 2.05) is 0 Å². The van der Waals surface area contributed by atoms with Crippen molar-refractivity contribution in [2.75, 3.05) is 26.2 Å². The van der Waals surface area contributed by atoms with Gasteiger partial charge < -0.3 is 10.2 Å². The number of thiocarbonyl (C=S) groups is 1. The van der Waals surface area contributed by atoms with Gasteiger partial charge in [-0.1, -0.05) is 24.4 Å². The number of piperazine rings is 1. The largest absolute Gasteiger partial charge is 0.360 e. The van der Waals surface area contributed by atoms with Crippen molar-refractivity contribution in [1.82, 2.24) is 14.5 Å². The maximum absolute atomic E-state index is 12.7. The van der Waals surface area contributed by atoms with E-state index in [9.17, 15) is 8.42 Å². The number of rotatable bonds is 3. The first kappa shape index (κ1) is 17.9. The number of nitrogens with zero attached hydrogens (tertiary/aromatic N) is 2. The van der Waals surface area contributed by atoms with E-state index in [2.05, 4.69) is 10.2 Å². The molecule has 0 spiro atoms. The molecule has 0 amide bonds. The van der Waals surface area contributed by atoms with Gasteiger partial charge in [-0.25, -0.2) is 8.42 Å². The first-order valence-corrected chi connectivity index (χ1v) is 10.5. The lowest BCUT2D eigenvalue weighted by Gasteiger charge is -2.36. The summed E-state index contributed by atoms with van der Waals surface area (Å²) in [5.41, 5.74) is 0. The van der Waals surface area contributed by atoms with Gasteiger partial charge in [-0.3, -0.25) is 0 Å². The molecule has 1 saturated carbocycles. The van der Waals surface area contributed by atoms with Gasteiger partial charge in [-0.05, 0) is 49.3 Å². The van der Waals surface area contributed by atoms with Crippen molar-refractivity contribution in [3.63, 3.8) is 0 Å². The van der Waals surface area contributed by atoms with Crippen molar-refractivity contribution in [3.8, 4) is 0 Å². The molecule has 1 aromatic carbocycles. The van der Waals surface area contributed by atoms with Crippen molar-refractivity contribution in [3.05, 3.63) is 29.3 Å². The van der Waals surface area contributed by atoms with Crippen LogP contribution in [0.1, 0.15) is 25.7 Å². The normalized spacial score (nSPS) is 20.3. The second-order valence-corrected chi connectivity index (χ2v) is 9.04. The van der Waals surface area contributed by atoms with Gasteiger partial charge in [0, 0.05) is 37.2 Å². The zero-order valence-corrected chi connectivity index (χ0v) is 15.8. The highest BCUT2D eigenvalue weighted by Crippen LogP contribution is 2.21. The number of hydrogen-bond acceptors (Lipinski definition) is 3. The molecule has 0 unspecified atom stereocenters. The van der Waals surface area contributed by atoms with Crippen molar-refractivity contribution < 1.29 is 8.42 Å². The van der Waals surface area contributed by atoms with Crippen LogP contribution in [0.15, 0.2) is 29.2 Å². The van der Waals surface area contributed by atoms with E-state index in [1.54, 1.807) is 24.3 Å². The van der Waals surface area contributed by atoms with Gasteiger partial charge in [-0.15, -0.1) is 0 Å². The van der Waals surface area contributed by atoms with Crippen LogP contribution in [0.5, 0.6) is 0 Å². The minimum atomic E-state index is -3.47. The topological polar surface area (TPSA) is 52.7 Å². The summed E-state index contributed by atoms with van der Waals surface area (Å²) in [6.45, 7) is 2.12. The van der Waals surface area contributed by atoms with Crippen LogP contribution in [0.3, 0.4) is 0 Å². The highest BCUT2D eigenvalue weighted by Gasteiger charge is 2.29. The molecule has 0 atom stereocenters. The van der Waals surface area contributed by atoms with E-state index < -0.39 is 10.0 Å². The Balaban J connectivity index is 1.57. The van der Waals surface area contributed by atoms with Crippen LogP contribution in [-0.2, 0) is 10.0 Å². The van der Waals surface area contributed by atoms with Crippen molar-refractivity contribution >= 4 is 39.0 Å². The van der Waals surface area contributed by atoms with Gasteiger partial charge in [0.2, 0.25) is 10.0 Å². The van der Waals surface area contributed by atoms with Gasteiger partial charge in [0.25, 0.3) is 0 Å². The summed E-state index contributed by atoms with van der Waals surface area (Å²) in [4.78, 5) is 2.36. The van der Waals surface area contributed by atoms with E-state index in [4.69, 9.17) is 23.8 Å². The maximum atomic E-state index is 12.7. The molecule has 0 radical (unpaired) electrons. The predicted molar refractivity (Wildman–Crippen MR) is 99.8 cm³/mol. The molecule has 1 heterocycles. The Morgan fingerprint density at radius 1 is 1.08 bits per heavy atom. The minimum absolute atomic E-state index is 0.284. The van der Waals surface area contributed by atoms with Crippen molar-refractivity contribution in [1.29, 1.82) is 0 Å². The Labute approximate surface area is 154 Å². The van der Waals surface area contributed by atoms with Gasteiger partial charge >= 0.3 is 0 Å². The molecular formula is C16H22ClN3O2S2. The third-order valence-corrected chi connectivity index (χ3v) is 7.20. The monoisotopic (exact) mass is 387 g/mol. The van der Waals surface area contributed by atoms with Crippen LogP contribution >= 0.6 is 23.8 Å². The summed E-state index contributed by atoms with van der Waals surface area (Å²) >= 11 is 11.3. The molecule has 2 fully saturated rings. The van der Waals surface area contributed by atoms with E-state index in [0.717, 1.165) is 5.11 Å². The number of nitrogens with one attached hydrogen (secondary N) is 1. The first-order valence-electron chi connectivity index (χ1n) is 8.28. The molecule has 5 nitrogen and oxygen atoms in total. The molecule has 8 heteroatoms. The highest BCUT2D eigenvalue weighted by molar-refractivity contribution is 7.89. The molecule has 1 aromatic rings. The molecular weight excluding hydrogens is 366 g/mol. The average Bonchev–Trinajstić information content (AvgIpc) is 3.08. The summed E-state index contributed by atoms with van der Waals surface area (Å²) in [5, 5.41) is 4.70. The van der Waals surface area contributed by atoms with E-state index >= 15 is 0 Å². The Kier molecular flexibility index (Phi) is 5.64. The van der Waals surface area contributed by atoms with Gasteiger partial charge in [-0.2, -0.15) is 4.31 Å². The third-order valence-electron chi connectivity index (χ3n) is 4.66. The molecule has 1 aliphatic carbocycles. The number of sulfonamides is 1. The smallest absolute Gasteiger partial charge is 0.243 e. The highest BCUT2D eigenvalue weighted by atomic mass is 35.5. The Hall–Kier alpha value is -0.890. The summed E-state index contributed by atoms with van der Waals surface area (Å²) in [6, 6.07) is 6.79. The predicted octanol–water partition coefficient (Wildman–Crippen LogP) is 2.46. The van der Waals surface area contributed by atoms with Crippen LogP contribution < -0.4 is 5.32 Å². The second-order valence-electron chi connectivity index (χ2n) is 6.28. The summed E-state index contributed by atoms with van der Waals surface area (Å²) in [6.07, 6.45) is 4.86. The lowest BCUT2D eigenvalue weighted by molar-refractivity contribution is 0.262. The van der Waals surface area contributed by atoms with Crippen LogP contribution in [0.2, 0.25) is 5.02 Å². The zero-order chi connectivity index (χ0) is 17.2. The fraction of sp³-hybridized carbons (Fsp3) is 0.562. The molecule has 0 aromatic heterocycles. The van der Waals surface area contributed by atoms with Gasteiger partial charge in [0.1, 0.15) is 0 Å². The third kappa shape index (κ3) is 4.02. The Bertz CT molecular complexity index is 680. The molecule has 24 heavy (non-hydrogen) atoms. The second kappa shape index (κ2) is 7.56. The fourth-order valence-corrected chi connectivity index (χ4v) is 5.12. The fourth-order valence-electron chi connectivity index (χ4n) is 3.22. The lowest BCUT2D eigenvalue weighted by atomic mass is 10.2. The summed E-state index contributed by atoms with van der Waals surface area (Å²) < 4.78 is 26.9. The summed E-state index contributed by atoms with van der Waals surface area (Å²) in [7, 11) is -3.47. The quantitative estimate of drug-likeness (QED) is 0.807. The van der Waals surface area contributed by atoms with E-state index in [-0.39, 0.29) is 4.90 Å². The molecule has 1 aliphatic heterocycles. The maximum Gasteiger partial charge on any atom is 0.243 e. The number of benzene rings is 1. The number of halogens is 1. The molecule has 1 saturated heterocycles. The van der Waals surface area contributed by atoms with E-state index in [0.29, 0.717) is 37.2 Å².